The normalized spacial score (nSPS) is 11.5. The van der Waals surface area contributed by atoms with Crippen LogP contribution < -0.4 is 11.1 Å². The van der Waals surface area contributed by atoms with Crippen LogP contribution in [0.1, 0.15) is 16.4 Å². The average molecular weight is 429 g/mol. The molecule has 0 radical (unpaired) electrons. The van der Waals surface area contributed by atoms with Gasteiger partial charge in [-0.3, -0.25) is 14.5 Å². The number of alkyl halides is 3. The monoisotopic (exact) mass is 429 g/mol. The molecule has 0 fully saturated rings. The van der Waals surface area contributed by atoms with Crippen molar-refractivity contribution in [3.63, 3.8) is 0 Å². The Morgan fingerprint density at radius 2 is 1.87 bits per heavy atom. The molecule has 3 aromatic heterocycles. The van der Waals surface area contributed by atoms with Crippen molar-refractivity contribution in [3.8, 4) is 22.6 Å². The SMILES string of the molecule is Cn1cc(-c2ccc(C(=O)Nc3cc(-c4nnc(C(F)(F)F)o4)ccc3N)nc2)cn1. The smallest absolute Gasteiger partial charge is 0.413 e. The number of hydrogen-bond acceptors (Lipinski definition) is 7. The lowest BCUT2D eigenvalue weighted by molar-refractivity contribution is -0.156. The first-order valence-electron chi connectivity index (χ1n) is 8.78. The molecule has 0 saturated carbocycles. The summed E-state index contributed by atoms with van der Waals surface area (Å²) in [7, 11) is 1.79. The lowest BCUT2D eigenvalue weighted by atomic mass is 10.1. The van der Waals surface area contributed by atoms with Crippen LogP contribution in [0.5, 0.6) is 0 Å². The summed E-state index contributed by atoms with van der Waals surface area (Å²) >= 11 is 0. The number of benzene rings is 1. The van der Waals surface area contributed by atoms with Gasteiger partial charge in [-0.2, -0.15) is 18.3 Å². The summed E-state index contributed by atoms with van der Waals surface area (Å²) in [5.41, 5.74) is 8.14. The molecule has 158 valence electrons. The number of anilines is 2. The Balaban J connectivity index is 1.54. The summed E-state index contributed by atoms with van der Waals surface area (Å²) in [6, 6.07) is 7.40. The molecular weight excluding hydrogens is 415 g/mol. The van der Waals surface area contributed by atoms with E-state index in [2.05, 4.69) is 30.0 Å². The summed E-state index contributed by atoms with van der Waals surface area (Å²) in [4.78, 5) is 16.7. The van der Waals surface area contributed by atoms with Crippen molar-refractivity contribution in [2.75, 3.05) is 11.1 Å². The molecule has 3 N–H and O–H groups in total. The zero-order valence-corrected chi connectivity index (χ0v) is 15.9. The van der Waals surface area contributed by atoms with Crippen LogP contribution in [-0.2, 0) is 13.2 Å². The lowest BCUT2D eigenvalue weighted by Gasteiger charge is -2.09. The van der Waals surface area contributed by atoms with Crippen LogP contribution in [0.25, 0.3) is 22.6 Å². The van der Waals surface area contributed by atoms with Crippen LogP contribution in [0, 0.1) is 0 Å². The molecule has 4 rings (SSSR count). The van der Waals surface area contributed by atoms with Crippen LogP contribution in [0.15, 0.2) is 53.3 Å². The summed E-state index contributed by atoms with van der Waals surface area (Å²) in [5.74, 6) is -2.38. The van der Waals surface area contributed by atoms with Crippen molar-refractivity contribution < 1.29 is 22.4 Å². The van der Waals surface area contributed by atoms with E-state index in [1.54, 1.807) is 24.0 Å². The first kappa shape index (κ1) is 20.1. The molecule has 3 heterocycles. The van der Waals surface area contributed by atoms with E-state index in [0.29, 0.717) is 0 Å². The fraction of sp³-hybridized carbons (Fsp3) is 0.105. The Morgan fingerprint density at radius 1 is 1.10 bits per heavy atom. The van der Waals surface area contributed by atoms with Crippen molar-refractivity contribution >= 4 is 17.3 Å². The Hall–Kier alpha value is -4.22. The van der Waals surface area contributed by atoms with E-state index < -0.39 is 18.0 Å². The number of rotatable bonds is 4. The number of aromatic nitrogens is 5. The van der Waals surface area contributed by atoms with Gasteiger partial charge in [0.25, 0.3) is 5.91 Å². The third-order valence-corrected chi connectivity index (χ3v) is 4.25. The number of nitrogens with two attached hydrogens (primary N) is 1. The van der Waals surface area contributed by atoms with Crippen LogP contribution in [0.3, 0.4) is 0 Å². The first-order chi connectivity index (χ1) is 14.7. The minimum Gasteiger partial charge on any atom is -0.413 e. The molecule has 31 heavy (non-hydrogen) atoms. The molecule has 9 nitrogen and oxygen atoms in total. The van der Waals surface area contributed by atoms with Gasteiger partial charge < -0.3 is 15.5 Å². The van der Waals surface area contributed by atoms with Crippen molar-refractivity contribution in [1.29, 1.82) is 0 Å². The van der Waals surface area contributed by atoms with Crippen LogP contribution in [0.2, 0.25) is 0 Å². The number of hydrogen-bond donors (Lipinski definition) is 2. The van der Waals surface area contributed by atoms with Gasteiger partial charge >= 0.3 is 12.1 Å². The standard InChI is InChI=1S/C19H14F3N7O2/c1-29-9-12(8-25-29)11-3-5-14(24-7-11)16(30)26-15-6-10(2-4-13(15)23)17-27-28-18(31-17)19(20,21)22/h2-9H,23H2,1H3,(H,26,30). The van der Waals surface area contributed by atoms with Gasteiger partial charge in [0.15, 0.2) is 0 Å². The van der Waals surface area contributed by atoms with Crippen molar-refractivity contribution in [1.82, 2.24) is 25.0 Å². The predicted molar refractivity (Wildman–Crippen MR) is 104 cm³/mol. The Bertz CT molecular complexity index is 1250. The number of nitrogen functional groups attached to an aromatic ring is 1. The summed E-state index contributed by atoms with van der Waals surface area (Å²) in [6.45, 7) is 0. The molecule has 1 aromatic carbocycles. The number of aryl methyl sites for hydroxylation is 1. The molecule has 12 heteroatoms. The number of nitrogens with zero attached hydrogens (tertiary/aromatic N) is 5. The third kappa shape index (κ3) is 4.22. The van der Waals surface area contributed by atoms with Gasteiger partial charge in [-0.05, 0) is 24.3 Å². The highest BCUT2D eigenvalue weighted by Gasteiger charge is 2.38. The van der Waals surface area contributed by atoms with Crippen molar-refractivity contribution in [2.45, 2.75) is 6.18 Å². The molecule has 0 aliphatic heterocycles. The molecule has 1 amide bonds. The van der Waals surface area contributed by atoms with E-state index in [-0.39, 0.29) is 28.5 Å². The maximum atomic E-state index is 12.7. The number of carbonyl (C=O) groups is 1. The minimum atomic E-state index is -4.76. The Morgan fingerprint density at radius 3 is 2.48 bits per heavy atom. The van der Waals surface area contributed by atoms with Gasteiger partial charge in [0, 0.05) is 36.1 Å². The van der Waals surface area contributed by atoms with Crippen LogP contribution >= 0.6 is 0 Å². The predicted octanol–water partition coefficient (Wildman–Crippen LogP) is 3.39. The van der Waals surface area contributed by atoms with Gasteiger partial charge in [-0.1, -0.05) is 6.07 Å². The quantitative estimate of drug-likeness (QED) is 0.477. The van der Waals surface area contributed by atoms with E-state index >= 15 is 0 Å². The van der Waals surface area contributed by atoms with Gasteiger partial charge in [0.1, 0.15) is 5.69 Å². The molecule has 0 bridgehead atoms. The number of carbonyl (C=O) groups excluding carboxylic acids is 1. The Kier molecular flexibility index (Phi) is 4.89. The van der Waals surface area contributed by atoms with Crippen LogP contribution in [0.4, 0.5) is 24.5 Å². The Labute approximate surface area is 172 Å². The highest BCUT2D eigenvalue weighted by atomic mass is 19.4. The maximum Gasteiger partial charge on any atom is 0.470 e. The van der Waals surface area contributed by atoms with E-state index in [0.717, 1.165) is 11.1 Å². The van der Waals surface area contributed by atoms with E-state index in [9.17, 15) is 18.0 Å². The third-order valence-electron chi connectivity index (χ3n) is 4.25. The molecule has 0 aliphatic rings. The fourth-order valence-electron chi connectivity index (χ4n) is 2.71. The zero-order chi connectivity index (χ0) is 22.2. The molecule has 4 aromatic rings. The second-order valence-electron chi connectivity index (χ2n) is 6.50. The molecular formula is C19H14F3N7O2. The minimum absolute atomic E-state index is 0.120. The van der Waals surface area contributed by atoms with Crippen molar-refractivity contribution in [2.24, 2.45) is 7.05 Å². The number of amides is 1. The fourth-order valence-corrected chi connectivity index (χ4v) is 2.71. The number of pyridine rings is 1. The maximum absolute atomic E-state index is 12.7. The van der Waals surface area contributed by atoms with E-state index in [1.807, 2.05) is 6.20 Å². The average Bonchev–Trinajstić information content (AvgIpc) is 3.39. The number of nitrogens with one attached hydrogen (secondary N) is 1. The summed E-state index contributed by atoms with van der Waals surface area (Å²) < 4.78 is 44.3. The molecule has 0 atom stereocenters. The number of halogens is 3. The molecule has 0 unspecified atom stereocenters. The topological polar surface area (TPSA) is 125 Å². The zero-order valence-electron chi connectivity index (χ0n) is 15.9. The largest absolute Gasteiger partial charge is 0.470 e. The highest BCUT2D eigenvalue weighted by Crippen LogP contribution is 2.32. The van der Waals surface area contributed by atoms with E-state index in [4.69, 9.17) is 5.73 Å². The lowest BCUT2D eigenvalue weighted by Crippen LogP contribution is -2.14. The second-order valence-corrected chi connectivity index (χ2v) is 6.50. The van der Waals surface area contributed by atoms with Crippen LogP contribution in [-0.4, -0.2) is 30.9 Å². The summed E-state index contributed by atoms with van der Waals surface area (Å²) in [5, 5.41) is 13.0. The molecule has 0 spiro atoms. The van der Waals surface area contributed by atoms with Crippen molar-refractivity contribution in [3.05, 3.63) is 60.5 Å². The second kappa shape index (κ2) is 7.55. The van der Waals surface area contributed by atoms with Gasteiger partial charge in [-0.15, -0.1) is 10.2 Å². The van der Waals surface area contributed by atoms with Gasteiger partial charge in [-0.25, -0.2) is 0 Å². The van der Waals surface area contributed by atoms with Gasteiger partial charge in [0.05, 0.1) is 17.6 Å². The summed E-state index contributed by atoms with van der Waals surface area (Å²) in [6.07, 6.45) is 0.252. The van der Waals surface area contributed by atoms with E-state index in [1.165, 1.54) is 30.5 Å². The molecule has 0 saturated heterocycles. The first-order valence-corrected chi connectivity index (χ1v) is 8.78. The van der Waals surface area contributed by atoms with Gasteiger partial charge in [0.2, 0.25) is 5.89 Å². The highest BCUT2D eigenvalue weighted by molar-refractivity contribution is 6.05. The molecule has 0 aliphatic carbocycles.